The number of rotatable bonds is 5. The summed E-state index contributed by atoms with van der Waals surface area (Å²) in [5.74, 6) is 0. The fourth-order valence-corrected chi connectivity index (χ4v) is 4.15. The van der Waals surface area contributed by atoms with E-state index in [1.54, 1.807) is 0 Å². The van der Waals surface area contributed by atoms with Crippen LogP contribution in [0.25, 0.3) is 22.3 Å². The molecule has 0 fully saturated rings. The van der Waals surface area contributed by atoms with Crippen molar-refractivity contribution in [2.75, 3.05) is 0 Å². The van der Waals surface area contributed by atoms with Crippen molar-refractivity contribution < 1.29 is 0 Å². The monoisotopic (exact) mass is 388 g/mol. The molecule has 0 radical (unpaired) electrons. The summed E-state index contributed by atoms with van der Waals surface area (Å²) in [5.41, 5.74) is 11.9. The Hall–Kier alpha value is -3.38. The van der Waals surface area contributed by atoms with Crippen molar-refractivity contribution in [1.82, 2.24) is 0 Å². The highest BCUT2D eigenvalue weighted by Crippen LogP contribution is 2.36. The van der Waals surface area contributed by atoms with Gasteiger partial charge in [-0.3, -0.25) is 0 Å². The number of benzene rings is 4. The Morgan fingerprint density at radius 2 is 1.27 bits per heavy atom. The summed E-state index contributed by atoms with van der Waals surface area (Å²) in [5, 5.41) is 0. The summed E-state index contributed by atoms with van der Waals surface area (Å²) < 4.78 is 0. The van der Waals surface area contributed by atoms with Gasteiger partial charge in [0.05, 0.1) is 0 Å². The highest BCUT2D eigenvalue weighted by Gasteiger charge is 2.14. The maximum absolute atomic E-state index is 2.31. The van der Waals surface area contributed by atoms with Gasteiger partial charge in [0.25, 0.3) is 0 Å². The van der Waals surface area contributed by atoms with Crippen LogP contribution in [0.1, 0.15) is 34.7 Å². The van der Waals surface area contributed by atoms with Gasteiger partial charge in [-0.15, -0.1) is 0 Å². The van der Waals surface area contributed by atoms with Crippen molar-refractivity contribution in [2.24, 2.45) is 0 Å². The third-order valence-electron chi connectivity index (χ3n) is 5.81. The maximum Gasteiger partial charge on any atom is -0.00169 e. The van der Waals surface area contributed by atoms with Crippen LogP contribution in [-0.4, -0.2) is 0 Å². The quantitative estimate of drug-likeness (QED) is 0.303. The minimum Gasteiger partial charge on any atom is -0.0622 e. The van der Waals surface area contributed by atoms with Crippen molar-refractivity contribution in [3.8, 4) is 11.1 Å². The fourth-order valence-electron chi connectivity index (χ4n) is 4.15. The Morgan fingerprint density at radius 3 is 1.97 bits per heavy atom. The predicted octanol–water partition coefficient (Wildman–Crippen LogP) is 8.14. The third kappa shape index (κ3) is 4.28. The molecule has 4 rings (SSSR count). The van der Waals surface area contributed by atoms with Crippen molar-refractivity contribution >= 4 is 11.1 Å². The van der Waals surface area contributed by atoms with Gasteiger partial charge >= 0.3 is 0 Å². The molecule has 0 aliphatic rings. The first-order chi connectivity index (χ1) is 14.6. The lowest BCUT2D eigenvalue weighted by molar-refractivity contribution is 1.26. The van der Waals surface area contributed by atoms with E-state index in [9.17, 15) is 0 Å². The lowest BCUT2D eigenvalue weighted by atomic mass is 9.85. The van der Waals surface area contributed by atoms with Crippen LogP contribution >= 0.6 is 0 Å². The van der Waals surface area contributed by atoms with Gasteiger partial charge in [-0.2, -0.15) is 0 Å². The topological polar surface area (TPSA) is 0 Å². The molecular weight excluding hydrogens is 360 g/mol. The Bertz CT molecular complexity index is 1170. The van der Waals surface area contributed by atoms with E-state index >= 15 is 0 Å². The molecule has 4 aromatic carbocycles. The van der Waals surface area contributed by atoms with Crippen LogP contribution in [0.5, 0.6) is 0 Å². The van der Waals surface area contributed by atoms with E-state index in [-0.39, 0.29) is 0 Å². The smallest absolute Gasteiger partial charge is 0.00169 e. The summed E-state index contributed by atoms with van der Waals surface area (Å²) in [6, 6.07) is 37.1. The maximum atomic E-state index is 2.31. The van der Waals surface area contributed by atoms with Crippen molar-refractivity contribution in [3.63, 3.8) is 0 Å². The standard InChI is InChI=1S/C30H28/c1-22-18-19-28(30(20-22)26-15-8-5-9-16-26)24(3)29(21-25-13-6-4-7-14-25)27-17-11-10-12-23(27)2/h4-20H,21H2,1-3H3/b29-24+. The van der Waals surface area contributed by atoms with E-state index in [2.05, 4.69) is 124 Å². The van der Waals surface area contributed by atoms with Gasteiger partial charge in [-0.25, -0.2) is 0 Å². The second-order valence-corrected chi connectivity index (χ2v) is 8.00. The summed E-state index contributed by atoms with van der Waals surface area (Å²) in [7, 11) is 0. The van der Waals surface area contributed by atoms with Crippen LogP contribution in [0, 0.1) is 13.8 Å². The highest BCUT2D eigenvalue weighted by molar-refractivity contribution is 5.96. The molecule has 0 aliphatic carbocycles. The van der Waals surface area contributed by atoms with Gasteiger partial charge in [0.1, 0.15) is 0 Å². The molecule has 30 heavy (non-hydrogen) atoms. The van der Waals surface area contributed by atoms with Crippen LogP contribution in [0.3, 0.4) is 0 Å². The fraction of sp³-hybridized carbons (Fsp3) is 0.133. The second kappa shape index (κ2) is 8.97. The normalized spacial score (nSPS) is 11.8. The van der Waals surface area contributed by atoms with Crippen LogP contribution in [0.4, 0.5) is 0 Å². The van der Waals surface area contributed by atoms with Crippen LogP contribution in [0.2, 0.25) is 0 Å². The first-order valence-corrected chi connectivity index (χ1v) is 10.6. The van der Waals surface area contributed by atoms with Crippen molar-refractivity contribution in [3.05, 3.63) is 131 Å². The van der Waals surface area contributed by atoms with Gasteiger partial charge in [-0.1, -0.05) is 109 Å². The van der Waals surface area contributed by atoms with Gasteiger partial charge in [-0.05, 0) is 71.7 Å². The summed E-state index contributed by atoms with van der Waals surface area (Å²) >= 11 is 0. The summed E-state index contributed by atoms with van der Waals surface area (Å²) in [4.78, 5) is 0. The molecule has 4 aromatic rings. The Labute approximate surface area is 180 Å². The average molecular weight is 389 g/mol. The summed E-state index contributed by atoms with van der Waals surface area (Å²) in [6.07, 6.45) is 0.916. The lowest BCUT2D eigenvalue weighted by Crippen LogP contribution is -1.99. The molecule has 0 heterocycles. The van der Waals surface area contributed by atoms with Crippen molar-refractivity contribution in [1.29, 1.82) is 0 Å². The van der Waals surface area contributed by atoms with Gasteiger partial charge in [0.2, 0.25) is 0 Å². The molecule has 0 bridgehead atoms. The molecule has 0 atom stereocenters. The van der Waals surface area contributed by atoms with Crippen LogP contribution in [-0.2, 0) is 6.42 Å². The number of allylic oxidation sites excluding steroid dienone is 2. The molecule has 0 spiro atoms. The molecule has 148 valence electrons. The van der Waals surface area contributed by atoms with Gasteiger partial charge in [0, 0.05) is 0 Å². The van der Waals surface area contributed by atoms with Gasteiger partial charge < -0.3 is 0 Å². The zero-order valence-corrected chi connectivity index (χ0v) is 18.0. The summed E-state index contributed by atoms with van der Waals surface area (Å²) in [6.45, 7) is 6.66. The molecular formula is C30H28. The van der Waals surface area contributed by atoms with Crippen molar-refractivity contribution in [2.45, 2.75) is 27.2 Å². The van der Waals surface area contributed by atoms with E-state index < -0.39 is 0 Å². The lowest BCUT2D eigenvalue weighted by Gasteiger charge is -2.19. The van der Waals surface area contributed by atoms with E-state index in [0.29, 0.717) is 0 Å². The molecule has 0 aliphatic heterocycles. The average Bonchev–Trinajstić information content (AvgIpc) is 2.79. The molecule has 0 unspecified atom stereocenters. The second-order valence-electron chi connectivity index (χ2n) is 8.00. The predicted molar refractivity (Wildman–Crippen MR) is 130 cm³/mol. The molecule has 0 nitrogen and oxygen atoms in total. The van der Waals surface area contributed by atoms with E-state index in [4.69, 9.17) is 0 Å². The minimum atomic E-state index is 0.916. The Kier molecular flexibility index (Phi) is 5.95. The molecule has 0 saturated heterocycles. The molecule has 0 aromatic heterocycles. The largest absolute Gasteiger partial charge is 0.0622 e. The molecule has 0 saturated carbocycles. The third-order valence-corrected chi connectivity index (χ3v) is 5.81. The van der Waals surface area contributed by atoms with Crippen LogP contribution in [0.15, 0.2) is 103 Å². The van der Waals surface area contributed by atoms with Gasteiger partial charge in [0.15, 0.2) is 0 Å². The Morgan fingerprint density at radius 1 is 0.633 bits per heavy atom. The Balaban J connectivity index is 1.94. The zero-order chi connectivity index (χ0) is 20.9. The number of hydrogen-bond acceptors (Lipinski definition) is 0. The number of hydrogen-bond donors (Lipinski definition) is 0. The van der Waals surface area contributed by atoms with Crippen LogP contribution < -0.4 is 0 Å². The van der Waals surface area contributed by atoms with E-state index in [1.165, 1.54) is 50.1 Å². The number of aryl methyl sites for hydroxylation is 2. The highest BCUT2D eigenvalue weighted by atomic mass is 14.2. The first-order valence-electron chi connectivity index (χ1n) is 10.6. The molecule has 0 amide bonds. The first kappa shape index (κ1) is 19.9. The molecule has 0 heteroatoms. The SMILES string of the molecule is C/C(=C(/Cc1ccccc1)c1ccccc1C)c1ccc(C)cc1-c1ccccc1. The van der Waals surface area contributed by atoms with E-state index in [0.717, 1.165) is 6.42 Å². The molecule has 0 N–H and O–H groups in total. The zero-order valence-electron chi connectivity index (χ0n) is 18.0. The van der Waals surface area contributed by atoms with E-state index in [1.807, 2.05) is 0 Å². The minimum absolute atomic E-state index is 0.916.